The molecule has 0 bridgehead atoms. The Bertz CT molecular complexity index is 496. The van der Waals surface area contributed by atoms with Gasteiger partial charge in [0.1, 0.15) is 0 Å². The summed E-state index contributed by atoms with van der Waals surface area (Å²) >= 11 is 0. The molecule has 1 aliphatic rings. The van der Waals surface area contributed by atoms with Crippen molar-refractivity contribution in [2.24, 2.45) is 0 Å². The van der Waals surface area contributed by atoms with Crippen molar-refractivity contribution in [3.63, 3.8) is 0 Å². The summed E-state index contributed by atoms with van der Waals surface area (Å²) in [6.45, 7) is 17.2. The monoisotopic (exact) mass is 347 g/mol. The van der Waals surface area contributed by atoms with Gasteiger partial charge in [-0.3, -0.25) is 4.90 Å². The fourth-order valence-corrected chi connectivity index (χ4v) is 3.27. The van der Waals surface area contributed by atoms with E-state index >= 15 is 0 Å². The van der Waals surface area contributed by atoms with Crippen molar-refractivity contribution in [3.8, 4) is 0 Å². The van der Waals surface area contributed by atoms with Crippen molar-refractivity contribution in [2.75, 3.05) is 32.8 Å². The summed E-state index contributed by atoms with van der Waals surface area (Å²) < 4.78 is 6.04. The molecule has 4 nitrogen and oxygen atoms in total. The number of rotatable bonds is 8. The van der Waals surface area contributed by atoms with E-state index in [2.05, 4.69) is 80.5 Å². The van der Waals surface area contributed by atoms with Crippen LogP contribution in [0, 0.1) is 0 Å². The predicted octanol–water partition coefficient (Wildman–Crippen LogP) is 3.03. The average Bonchev–Trinajstić information content (AvgIpc) is 2.53. The van der Waals surface area contributed by atoms with Crippen LogP contribution in [0.3, 0.4) is 0 Å². The van der Waals surface area contributed by atoms with Crippen LogP contribution in [0.2, 0.25) is 0 Å². The molecule has 2 N–H and O–H groups in total. The van der Waals surface area contributed by atoms with Gasteiger partial charge in [-0.25, -0.2) is 0 Å². The van der Waals surface area contributed by atoms with Crippen LogP contribution in [0.5, 0.6) is 0 Å². The standard InChI is InChI=1S/C21H37N3O/c1-20(2,3)22-11-12-24-13-14-25-19(17-24)15-21(4,5)23-16-18-9-7-6-8-10-18/h6-10,19,22-23H,11-17H2,1-5H3. The molecular formula is C21H37N3O. The second-order valence-electron chi connectivity index (χ2n) is 8.90. The second kappa shape index (κ2) is 9.13. The molecule has 1 unspecified atom stereocenters. The number of morpholine rings is 1. The summed E-state index contributed by atoms with van der Waals surface area (Å²) in [5.74, 6) is 0. The Hall–Kier alpha value is -0.940. The van der Waals surface area contributed by atoms with E-state index in [1.807, 2.05) is 0 Å². The lowest BCUT2D eigenvalue weighted by atomic mass is 9.95. The van der Waals surface area contributed by atoms with Crippen molar-refractivity contribution in [2.45, 2.75) is 64.8 Å². The second-order valence-corrected chi connectivity index (χ2v) is 8.90. The van der Waals surface area contributed by atoms with E-state index in [9.17, 15) is 0 Å². The summed E-state index contributed by atoms with van der Waals surface area (Å²) in [6.07, 6.45) is 1.34. The van der Waals surface area contributed by atoms with Gasteiger partial charge in [-0.05, 0) is 46.6 Å². The first kappa shape index (κ1) is 20.4. The molecule has 1 fully saturated rings. The Morgan fingerprint density at radius 1 is 1.08 bits per heavy atom. The van der Waals surface area contributed by atoms with Crippen molar-refractivity contribution >= 4 is 0 Å². The van der Waals surface area contributed by atoms with E-state index in [-0.39, 0.29) is 11.1 Å². The third-order valence-corrected chi connectivity index (χ3v) is 4.66. The highest BCUT2D eigenvalue weighted by Gasteiger charge is 2.27. The van der Waals surface area contributed by atoms with Gasteiger partial charge in [-0.2, -0.15) is 0 Å². The molecule has 142 valence electrons. The molecular weight excluding hydrogens is 310 g/mol. The van der Waals surface area contributed by atoms with Crippen LogP contribution in [0.25, 0.3) is 0 Å². The smallest absolute Gasteiger partial charge is 0.0720 e. The number of nitrogens with one attached hydrogen (secondary N) is 2. The molecule has 1 aliphatic heterocycles. The van der Waals surface area contributed by atoms with Gasteiger partial charge in [0.05, 0.1) is 12.7 Å². The molecule has 0 aliphatic carbocycles. The molecule has 0 aromatic heterocycles. The molecule has 25 heavy (non-hydrogen) atoms. The first-order valence-corrected chi connectivity index (χ1v) is 9.61. The van der Waals surface area contributed by atoms with Gasteiger partial charge in [-0.15, -0.1) is 0 Å². The van der Waals surface area contributed by atoms with E-state index in [4.69, 9.17) is 4.74 Å². The summed E-state index contributed by atoms with van der Waals surface area (Å²) in [6, 6.07) is 10.6. The highest BCUT2D eigenvalue weighted by Crippen LogP contribution is 2.18. The van der Waals surface area contributed by atoms with Crippen molar-refractivity contribution in [1.29, 1.82) is 0 Å². The minimum atomic E-state index is 0.0627. The lowest BCUT2D eigenvalue weighted by Crippen LogP contribution is -2.50. The molecule has 0 amide bonds. The summed E-state index contributed by atoms with van der Waals surface area (Å²) in [7, 11) is 0. The number of ether oxygens (including phenoxy) is 1. The molecule has 1 atom stereocenters. The van der Waals surface area contributed by atoms with Gasteiger partial charge in [-0.1, -0.05) is 30.3 Å². The first-order valence-electron chi connectivity index (χ1n) is 9.61. The van der Waals surface area contributed by atoms with Gasteiger partial charge < -0.3 is 15.4 Å². The quantitative estimate of drug-likeness (QED) is 0.758. The zero-order valence-corrected chi connectivity index (χ0v) is 16.8. The maximum Gasteiger partial charge on any atom is 0.0720 e. The molecule has 4 heteroatoms. The van der Waals surface area contributed by atoms with Crippen LogP contribution in [-0.4, -0.2) is 54.9 Å². The number of nitrogens with zero attached hydrogens (tertiary/aromatic N) is 1. The van der Waals surface area contributed by atoms with Gasteiger partial charge in [0.25, 0.3) is 0 Å². The normalized spacial score (nSPS) is 20.0. The minimum Gasteiger partial charge on any atom is -0.375 e. The van der Waals surface area contributed by atoms with E-state index in [1.165, 1.54) is 5.56 Å². The first-order chi connectivity index (χ1) is 11.7. The van der Waals surface area contributed by atoms with Crippen LogP contribution in [0.15, 0.2) is 30.3 Å². The molecule has 2 rings (SSSR count). The third-order valence-electron chi connectivity index (χ3n) is 4.66. The lowest BCUT2D eigenvalue weighted by molar-refractivity contribution is -0.0419. The molecule has 1 aromatic rings. The molecule has 1 heterocycles. The highest BCUT2D eigenvalue weighted by atomic mass is 16.5. The van der Waals surface area contributed by atoms with E-state index in [0.29, 0.717) is 6.10 Å². The van der Waals surface area contributed by atoms with Crippen LogP contribution >= 0.6 is 0 Å². The average molecular weight is 348 g/mol. The Labute approximate surface area is 154 Å². The van der Waals surface area contributed by atoms with Crippen molar-refractivity contribution < 1.29 is 4.74 Å². The fraction of sp³-hybridized carbons (Fsp3) is 0.714. The third kappa shape index (κ3) is 8.32. The SMILES string of the molecule is CC(C)(C)NCCN1CCOC(CC(C)(C)NCc2ccccc2)C1. The Balaban J connectivity index is 1.74. The zero-order chi connectivity index (χ0) is 18.3. The number of hydrogen-bond acceptors (Lipinski definition) is 4. The van der Waals surface area contributed by atoms with E-state index in [1.54, 1.807) is 0 Å². The number of hydrogen-bond donors (Lipinski definition) is 2. The summed E-state index contributed by atoms with van der Waals surface area (Å²) in [4.78, 5) is 2.53. The molecule has 1 aromatic carbocycles. The summed E-state index contributed by atoms with van der Waals surface area (Å²) in [5, 5.41) is 7.27. The fourth-order valence-electron chi connectivity index (χ4n) is 3.27. The van der Waals surface area contributed by atoms with Gasteiger partial charge in [0, 0.05) is 43.8 Å². The van der Waals surface area contributed by atoms with Gasteiger partial charge in [0.2, 0.25) is 0 Å². The predicted molar refractivity (Wildman–Crippen MR) is 106 cm³/mol. The van der Waals surface area contributed by atoms with Gasteiger partial charge in [0.15, 0.2) is 0 Å². The van der Waals surface area contributed by atoms with Crippen LogP contribution in [-0.2, 0) is 11.3 Å². The van der Waals surface area contributed by atoms with Gasteiger partial charge >= 0.3 is 0 Å². The molecule has 0 radical (unpaired) electrons. The Morgan fingerprint density at radius 2 is 1.80 bits per heavy atom. The van der Waals surface area contributed by atoms with Crippen LogP contribution in [0.4, 0.5) is 0 Å². The van der Waals surface area contributed by atoms with Crippen molar-refractivity contribution in [3.05, 3.63) is 35.9 Å². The lowest BCUT2D eigenvalue weighted by Gasteiger charge is -2.38. The van der Waals surface area contributed by atoms with E-state index in [0.717, 1.165) is 45.8 Å². The number of benzene rings is 1. The largest absolute Gasteiger partial charge is 0.375 e. The summed E-state index contributed by atoms with van der Waals surface area (Å²) in [5.41, 5.74) is 1.58. The Morgan fingerprint density at radius 3 is 2.48 bits per heavy atom. The highest BCUT2D eigenvalue weighted by molar-refractivity contribution is 5.14. The Kier molecular flexibility index (Phi) is 7.44. The molecule has 1 saturated heterocycles. The van der Waals surface area contributed by atoms with E-state index < -0.39 is 0 Å². The zero-order valence-electron chi connectivity index (χ0n) is 16.8. The maximum absolute atomic E-state index is 6.04. The van der Waals surface area contributed by atoms with Crippen molar-refractivity contribution in [1.82, 2.24) is 15.5 Å². The maximum atomic E-state index is 6.04. The van der Waals surface area contributed by atoms with Crippen LogP contribution < -0.4 is 10.6 Å². The van der Waals surface area contributed by atoms with Crippen LogP contribution in [0.1, 0.15) is 46.6 Å². The molecule has 0 saturated carbocycles. The molecule has 0 spiro atoms. The topological polar surface area (TPSA) is 36.5 Å². The minimum absolute atomic E-state index is 0.0627.